The smallest absolute Gasteiger partial charge is 0.291 e. The lowest BCUT2D eigenvalue weighted by Crippen LogP contribution is -2.39. The Labute approximate surface area is 147 Å². The molecule has 0 radical (unpaired) electrons. The highest BCUT2D eigenvalue weighted by Gasteiger charge is 2.28. The average Bonchev–Trinajstić information content (AvgIpc) is 3.02. The Kier molecular flexibility index (Phi) is 4.96. The van der Waals surface area contributed by atoms with Gasteiger partial charge in [0.2, 0.25) is 10.0 Å². The first kappa shape index (κ1) is 17.7. The maximum atomic E-state index is 12.7. The van der Waals surface area contributed by atoms with Crippen LogP contribution in [0.15, 0.2) is 45.7 Å². The number of amides is 1. The molecule has 0 bridgehead atoms. The zero-order valence-electron chi connectivity index (χ0n) is 14.4. The van der Waals surface area contributed by atoms with Crippen LogP contribution in [-0.4, -0.2) is 31.7 Å². The van der Waals surface area contributed by atoms with Crippen molar-refractivity contribution in [2.45, 2.75) is 31.6 Å². The van der Waals surface area contributed by atoms with Crippen LogP contribution in [0, 0.1) is 12.8 Å². The molecule has 0 saturated carbocycles. The summed E-state index contributed by atoms with van der Waals surface area (Å²) in [5, 5.41) is 2.70. The monoisotopic (exact) mass is 362 g/mol. The van der Waals surface area contributed by atoms with Crippen LogP contribution in [0.2, 0.25) is 0 Å². The number of hydrogen-bond acceptors (Lipinski definition) is 4. The van der Waals surface area contributed by atoms with Crippen LogP contribution in [0.3, 0.4) is 0 Å². The van der Waals surface area contributed by atoms with E-state index < -0.39 is 10.0 Å². The molecule has 6 nitrogen and oxygen atoms in total. The molecule has 0 unspecified atom stereocenters. The Bertz CT molecular complexity index is 855. The molecule has 3 rings (SSSR count). The summed E-state index contributed by atoms with van der Waals surface area (Å²) in [6.07, 6.45) is 1.94. The van der Waals surface area contributed by atoms with Gasteiger partial charge in [-0.3, -0.25) is 4.79 Å². The third-order valence-corrected chi connectivity index (χ3v) is 6.21. The Balaban J connectivity index is 1.72. The first-order valence-corrected chi connectivity index (χ1v) is 9.78. The SMILES string of the molecule is Cc1ccc(C(=O)Nc2ccc(S(=O)(=O)N3CCC[C@@H](C)C3)cc2)o1. The molecule has 1 amide bonds. The Hall–Kier alpha value is -2.12. The first-order chi connectivity index (χ1) is 11.9. The van der Waals surface area contributed by atoms with E-state index in [1.54, 1.807) is 35.5 Å². The summed E-state index contributed by atoms with van der Waals surface area (Å²) in [6.45, 7) is 4.94. The van der Waals surface area contributed by atoms with Crippen molar-refractivity contribution in [2.75, 3.05) is 18.4 Å². The number of piperidine rings is 1. The molecule has 7 heteroatoms. The normalized spacial score (nSPS) is 18.9. The lowest BCUT2D eigenvalue weighted by molar-refractivity contribution is 0.0995. The van der Waals surface area contributed by atoms with E-state index in [0.717, 1.165) is 12.8 Å². The first-order valence-electron chi connectivity index (χ1n) is 8.34. The predicted octanol–water partition coefficient (Wildman–Crippen LogP) is 3.26. The van der Waals surface area contributed by atoms with E-state index in [1.807, 2.05) is 0 Å². The van der Waals surface area contributed by atoms with Gasteiger partial charge in [-0.25, -0.2) is 8.42 Å². The van der Waals surface area contributed by atoms with E-state index in [2.05, 4.69) is 12.2 Å². The molecule has 2 aromatic rings. The highest BCUT2D eigenvalue weighted by molar-refractivity contribution is 7.89. The molecule has 25 heavy (non-hydrogen) atoms. The number of nitrogens with zero attached hydrogens (tertiary/aromatic N) is 1. The van der Waals surface area contributed by atoms with Crippen LogP contribution in [0.4, 0.5) is 5.69 Å². The third kappa shape index (κ3) is 3.93. The minimum absolute atomic E-state index is 0.219. The minimum Gasteiger partial charge on any atom is -0.456 e. The van der Waals surface area contributed by atoms with Crippen molar-refractivity contribution in [3.8, 4) is 0 Å². The topological polar surface area (TPSA) is 79.6 Å². The van der Waals surface area contributed by atoms with E-state index in [9.17, 15) is 13.2 Å². The van der Waals surface area contributed by atoms with Crippen molar-refractivity contribution in [1.29, 1.82) is 0 Å². The summed E-state index contributed by atoms with van der Waals surface area (Å²) in [6, 6.07) is 9.54. The van der Waals surface area contributed by atoms with Gasteiger partial charge in [-0.1, -0.05) is 6.92 Å². The molecule has 1 saturated heterocycles. The summed E-state index contributed by atoms with van der Waals surface area (Å²) in [7, 11) is -3.49. The fourth-order valence-corrected chi connectivity index (χ4v) is 4.57. The lowest BCUT2D eigenvalue weighted by atomic mass is 10.0. The molecular formula is C18H22N2O4S. The van der Waals surface area contributed by atoms with E-state index in [-0.39, 0.29) is 16.6 Å². The molecule has 1 aliphatic rings. The van der Waals surface area contributed by atoms with Crippen LogP contribution in [-0.2, 0) is 10.0 Å². The number of benzene rings is 1. The van der Waals surface area contributed by atoms with Gasteiger partial charge in [0, 0.05) is 18.8 Å². The molecule has 2 heterocycles. The molecule has 0 aliphatic carbocycles. The second-order valence-electron chi connectivity index (χ2n) is 6.50. The second kappa shape index (κ2) is 7.01. The van der Waals surface area contributed by atoms with Gasteiger partial charge in [0.05, 0.1) is 4.90 Å². The number of anilines is 1. The van der Waals surface area contributed by atoms with E-state index in [0.29, 0.717) is 30.5 Å². The van der Waals surface area contributed by atoms with Crippen molar-refractivity contribution >= 4 is 21.6 Å². The summed E-state index contributed by atoms with van der Waals surface area (Å²) in [4.78, 5) is 12.3. The Morgan fingerprint density at radius 2 is 1.92 bits per heavy atom. The molecule has 1 N–H and O–H groups in total. The van der Waals surface area contributed by atoms with Crippen molar-refractivity contribution in [3.63, 3.8) is 0 Å². The maximum Gasteiger partial charge on any atom is 0.291 e. The van der Waals surface area contributed by atoms with Crippen molar-refractivity contribution in [2.24, 2.45) is 5.92 Å². The molecule has 1 aliphatic heterocycles. The number of nitrogens with one attached hydrogen (secondary N) is 1. The summed E-state index contributed by atoms with van der Waals surface area (Å²) in [5.74, 6) is 0.881. The Morgan fingerprint density at radius 3 is 2.52 bits per heavy atom. The predicted molar refractivity (Wildman–Crippen MR) is 95.0 cm³/mol. The quantitative estimate of drug-likeness (QED) is 0.905. The van der Waals surface area contributed by atoms with Crippen molar-refractivity contribution in [1.82, 2.24) is 4.31 Å². The zero-order chi connectivity index (χ0) is 18.0. The summed E-state index contributed by atoms with van der Waals surface area (Å²) >= 11 is 0. The van der Waals surface area contributed by atoms with Gasteiger partial charge in [0.25, 0.3) is 5.91 Å². The Morgan fingerprint density at radius 1 is 1.20 bits per heavy atom. The molecule has 1 aromatic carbocycles. The standard InChI is InChI=1S/C18H22N2O4S/c1-13-4-3-11-20(12-13)25(22,23)16-8-6-15(7-9-16)19-18(21)17-10-5-14(2)24-17/h5-10,13H,3-4,11-12H2,1-2H3,(H,19,21)/t13-/m1/s1. The van der Waals surface area contributed by atoms with E-state index in [1.165, 1.54) is 12.1 Å². The number of rotatable bonds is 4. The fourth-order valence-electron chi connectivity index (χ4n) is 2.97. The lowest BCUT2D eigenvalue weighted by Gasteiger charge is -2.30. The van der Waals surface area contributed by atoms with Gasteiger partial charge in [-0.2, -0.15) is 4.31 Å². The number of aryl methyl sites for hydroxylation is 1. The number of furan rings is 1. The van der Waals surface area contributed by atoms with Gasteiger partial charge in [0.15, 0.2) is 5.76 Å². The molecule has 1 atom stereocenters. The largest absolute Gasteiger partial charge is 0.456 e. The van der Waals surface area contributed by atoms with Gasteiger partial charge < -0.3 is 9.73 Å². The van der Waals surface area contributed by atoms with Crippen molar-refractivity contribution < 1.29 is 17.6 Å². The third-order valence-electron chi connectivity index (χ3n) is 4.33. The van der Waals surface area contributed by atoms with E-state index in [4.69, 9.17) is 4.42 Å². The maximum absolute atomic E-state index is 12.7. The number of carbonyl (C=O) groups is 1. The molecule has 1 fully saturated rings. The summed E-state index contributed by atoms with van der Waals surface area (Å²) in [5.41, 5.74) is 0.519. The van der Waals surface area contributed by atoms with Crippen molar-refractivity contribution in [3.05, 3.63) is 47.9 Å². The minimum atomic E-state index is -3.49. The van der Waals surface area contributed by atoms with Gasteiger partial charge in [0.1, 0.15) is 5.76 Å². The van der Waals surface area contributed by atoms with Crippen LogP contribution in [0.5, 0.6) is 0 Å². The molecule has 134 valence electrons. The number of hydrogen-bond donors (Lipinski definition) is 1. The van der Waals surface area contributed by atoms with Gasteiger partial charge in [-0.05, 0) is 62.1 Å². The van der Waals surface area contributed by atoms with Crippen LogP contribution in [0.25, 0.3) is 0 Å². The van der Waals surface area contributed by atoms with Crippen LogP contribution < -0.4 is 5.32 Å². The average molecular weight is 362 g/mol. The fraction of sp³-hybridized carbons (Fsp3) is 0.389. The highest BCUT2D eigenvalue weighted by atomic mass is 32.2. The second-order valence-corrected chi connectivity index (χ2v) is 8.44. The van der Waals surface area contributed by atoms with Gasteiger partial charge >= 0.3 is 0 Å². The number of sulfonamides is 1. The molecular weight excluding hydrogens is 340 g/mol. The van der Waals surface area contributed by atoms with Crippen LogP contribution >= 0.6 is 0 Å². The van der Waals surface area contributed by atoms with E-state index >= 15 is 0 Å². The summed E-state index contributed by atoms with van der Waals surface area (Å²) < 4.78 is 32.2. The number of carbonyl (C=O) groups excluding carboxylic acids is 1. The van der Waals surface area contributed by atoms with Crippen LogP contribution in [0.1, 0.15) is 36.1 Å². The highest BCUT2D eigenvalue weighted by Crippen LogP contribution is 2.24. The van der Waals surface area contributed by atoms with Gasteiger partial charge in [-0.15, -0.1) is 0 Å². The molecule has 0 spiro atoms. The zero-order valence-corrected chi connectivity index (χ0v) is 15.2. The molecule has 1 aromatic heterocycles.